The zero-order valence-corrected chi connectivity index (χ0v) is 32.6. The van der Waals surface area contributed by atoms with Gasteiger partial charge >= 0.3 is 23.9 Å². The highest BCUT2D eigenvalue weighted by Crippen LogP contribution is 2.21. The fourth-order valence-corrected chi connectivity index (χ4v) is 6.40. The highest BCUT2D eigenvalue weighted by Gasteiger charge is 2.21. The molecule has 0 aromatic carbocycles. The van der Waals surface area contributed by atoms with Crippen molar-refractivity contribution in [1.29, 1.82) is 0 Å². The number of ether oxygens (including phenoxy) is 2. The third-order valence-corrected chi connectivity index (χ3v) is 10.0. The smallest absolute Gasteiger partial charge is 0.316 e. The van der Waals surface area contributed by atoms with Gasteiger partial charge in [-0.05, 0) is 24.7 Å². The van der Waals surface area contributed by atoms with Crippen LogP contribution in [0.15, 0.2) is 0 Å². The first-order chi connectivity index (χ1) is 23.1. The quantitative estimate of drug-likeness (QED) is 0.0390. The number of carbonyl (C=O) groups excluding carboxylic acids is 4. The second-order valence-corrected chi connectivity index (χ2v) is 15.2. The van der Waals surface area contributed by atoms with Crippen LogP contribution in [-0.2, 0) is 28.7 Å². The summed E-state index contributed by atoms with van der Waals surface area (Å²) in [6.45, 7) is 12.8. The predicted molar refractivity (Wildman–Crippen MR) is 199 cm³/mol. The summed E-state index contributed by atoms with van der Waals surface area (Å²) in [6.07, 6.45) is 31.1. The molecule has 0 aliphatic rings. The third-order valence-electron chi connectivity index (χ3n) is 10.0. The Labute approximate surface area is 297 Å². The molecule has 6 nitrogen and oxygen atoms in total. The molecule has 0 aliphatic carbocycles. The normalized spacial score (nSPS) is 13.9. The van der Waals surface area contributed by atoms with Gasteiger partial charge in [-0.25, -0.2) is 0 Å². The van der Waals surface area contributed by atoms with E-state index in [0.717, 1.165) is 37.5 Å². The number of unbranched alkanes of at least 4 members (excludes halogenated alkanes) is 16. The molecule has 0 heterocycles. The zero-order valence-electron chi connectivity index (χ0n) is 32.6. The Bertz CT molecular complexity index is 742. The molecule has 282 valence electrons. The molecular formula is C42H78O6. The first kappa shape index (κ1) is 46.3. The van der Waals surface area contributed by atoms with E-state index in [0.29, 0.717) is 12.8 Å². The summed E-state index contributed by atoms with van der Waals surface area (Å²) in [6, 6.07) is 0. The molecule has 0 aromatic rings. The number of carbonyl (C=O) groups is 4. The summed E-state index contributed by atoms with van der Waals surface area (Å²) < 4.78 is 9.92. The van der Waals surface area contributed by atoms with Gasteiger partial charge in [0.05, 0.1) is 24.7 Å². The van der Waals surface area contributed by atoms with Crippen molar-refractivity contribution in [2.75, 3.05) is 0 Å². The van der Waals surface area contributed by atoms with Gasteiger partial charge in [0, 0.05) is 0 Å². The number of esters is 4. The minimum atomic E-state index is -0.745. The summed E-state index contributed by atoms with van der Waals surface area (Å²) >= 11 is 0. The predicted octanol–water partition coefficient (Wildman–Crippen LogP) is 12.6. The van der Waals surface area contributed by atoms with E-state index >= 15 is 0 Å². The van der Waals surface area contributed by atoms with Gasteiger partial charge in [0.1, 0.15) is 0 Å². The van der Waals surface area contributed by atoms with E-state index in [1.807, 2.05) is 0 Å². The molecule has 0 saturated heterocycles. The van der Waals surface area contributed by atoms with Gasteiger partial charge in [0.15, 0.2) is 0 Å². The lowest BCUT2D eigenvalue weighted by atomic mass is 9.95. The summed E-state index contributed by atoms with van der Waals surface area (Å²) in [5, 5.41) is 0. The van der Waals surface area contributed by atoms with Crippen LogP contribution in [0.5, 0.6) is 0 Å². The minimum absolute atomic E-state index is 0.271. The molecule has 0 amide bonds. The highest BCUT2D eigenvalue weighted by molar-refractivity contribution is 5.90. The summed E-state index contributed by atoms with van der Waals surface area (Å²) in [4.78, 5) is 48.9. The van der Waals surface area contributed by atoms with Gasteiger partial charge in [-0.2, -0.15) is 0 Å². The number of hydrogen-bond donors (Lipinski definition) is 0. The fraction of sp³-hybridized carbons (Fsp3) is 0.905. The molecule has 4 unspecified atom stereocenters. The molecule has 0 saturated carbocycles. The van der Waals surface area contributed by atoms with Crippen LogP contribution in [0.4, 0.5) is 0 Å². The first-order valence-corrected chi connectivity index (χ1v) is 20.6. The lowest BCUT2D eigenvalue weighted by molar-refractivity contribution is -0.167. The van der Waals surface area contributed by atoms with E-state index in [-0.39, 0.29) is 24.7 Å². The number of hydrogen-bond acceptors (Lipinski definition) is 6. The largest absolute Gasteiger partial charge is 0.393 e. The molecule has 0 radical (unpaired) electrons. The van der Waals surface area contributed by atoms with Crippen molar-refractivity contribution in [3.63, 3.8) is 0 Å². The molecule has 0 aliphatic heterocycles. The van der Waals surface area contributed by atoms with Crippen LogP contribution < -0.4 is 0 Å². The first-order valence-electron chi connectivity index (χ1n) is 20.6. The monoisotopic (exact) mass is 679 g/mol. The van der Waals surface area contributed by atoms with E-state index in [1.165, 1.54) is 128 Å². The van der Waals surface area contributed by atoms with Crippen LogP contribution in [0, 0.1) is 23.7 Å². The molecule has 0 N–H and O–H groups in total. The van der Waals surface area contributed by atoms with Crippen LogP contribution in [0.3, 0.4) is 0 Å². The standard InChI is InChI=1S/C42H78O6/c1-7-9-11-13-15-21-27-35(3)29-23-17-19-25-31-37(5)41(45)47-39(43)33-34-40(44)48-42(46)38(6)32-26-20-18-24-30-36(4)28-22-16-14-12-10-8-2/h35-38H,7-34H2,1-6H3. The molecule has 6 heteroatoms. The maximum Gasteiger partial charge on any atom is 0.316 e. The fourth-order valence-electron chi connectivity index (χ4n) is 6.40. The van der Waals surface area contributed by atoms with Crippen LogP contribution in [0.25, 0.3) is 0 Å². The molecule has 48 heavy (non-hydrogen) atoms. The topological polar surface area (TPSA) is 86.7 Å². The van der Waals surface area contributed by atoms with Crippen LogP contribution in [-0.4, -0.2) is 23.9 Å². The lowest BCUT2D eigenvalue weighted by Crippen LogP contribution is -2.22. The van der Waals surface area contributed by atoms with Gasteiger partial charge in [0.2, 0.25) is 0 Å². The average Bonchev–Trinajstić information content (AvgIpc) is 3.06. The Kier molecular flexibility index (Phi) is 31.3. The van der Waals surface area contributed by atoms with Gasteiger partial charge < -0.3 is 9.47 Å². The Morgan fingerprint density at radius 3 is 0.917 bits per heavy atom. The van der Waals surface area contributed by atoms with Gasteiger partial charge in [-0.15, -0.1) is 0 Å². The summed E-state index contributed by atoms with van der Waals surface area (Å²) in [5.41, 5.74) is 0. The van der Waals surface area contributed by atoms with E-state index in [2.05, 4.69) is 27.7 Å². The van der Waals surface area contributed by atoms with Gasteiger partial charge in [0.25, 0.3) is 0 Å². The van der Waals surface area contributed by atoms with Crippen molar-refractivity contribution in [2.45, 2.75) is 221 Å². The Morgan fingerprint density at radius 1 is 0.375 bits per heavy atom. The third kappa shape index (κ3) is 29.2. The number of rotatable bonds is 33. The van der Waals surface area contributed by atoms with Crippen molar-refractivity contribution in [3.8, 4) is 0 Å². The van der Waals surface area contributed by atoms with E-state index in [9.17, 15) is 19.2 Å². The van der Waals surface area contributed by atoms with E-state index in [1.54, 1.807) is 13.8 Å². The maximum absolute atomic E-state index is 12.3. The Hall–Kier alpha value is -1.72. The SMILES string of the molecule is CCCCCCCCC(C)CCCCCCC(C)C(=O)OC(=O)CCC(=O)OC(=O)C(C)CCCCCCC(C)CCCCCCCC. The molecule has 0 fully saturated rings. The van der Waals surface area contributed by atoms with Gasteiger partial charge in [-0.1, -0.05) is 196 Å². The molecular weight excluding hydrogens is 600 g/mol. The molecule has 0 rings (SSSR count). The van der Waals surface area contributed by atoms with Crippen molar-refractivity contribution in [2.24, 2.45) is 23.7 Å². The molecule has 4 atom stereocenters. The summed E-state index contributed by atoms with van der Waals surface area (Å²) in [5.74, 6) is -1.72. The van der Waals surface area contributed by atoms with Crippen LogP contribution in [0.2, 0.25) is 0 Å². The van der Waals surface area contributed by atoms with Crippen LogP contribution >= 0.6 is 0 Å². The average molecular weight is 679 g/mol. The van der Waals surface area contributed by atoms with E-state index in [4.69, 9.17) is 9.47 Å². The molecule has 0 aromatic heterocycles. The second kappa shape index (κ2) is 32.5. The van der Waals surface area contributed by atoms with Crippen molar-refractivity contribution in [1.82, 2.24) is 0 Å². The van der Waals surface area contributed by atoms with Crippen molar-refractivity contribution in [3.05, 3.63) is 0 Å². The Morgan fingerprint density at radius 2 is 0.625 bits per heavy atom. The van der Waals surface area contributed by atoms with Crippen molar-refractivity contribution < 1.29 is 28.7 Å². The lowest BCUT2D eigenvalue weighted by Gasteiger charge is -2.12. The molecule has 0 bridgehead atoms. The van der Waals surface area contributed by atoms with Crippen molar-refractivity contribution >= 4 is 23.9 Å². The molecule has 0 spiro atoms. The van der Waals surface area contributed by atoms with Gasteiger partial charge in [-0.3, -0.25) is 19.2 Å². The summed E-state index contributed by atoms with van der Waals surface area (Å²) in [7, 11) is 0. The van der Waals surface area contributed by atoms with Crippen LogP contribution in [0.1, 0.15) is 221 Å². The Balaban J connectivity index is 3.86. The minimum Gasteiger partial charge on any atom is -0.393 e. The maximum atomic E-state index is 12.3. The zero-order chi connectivity index (χ0) is 35.8. The second-order valence-electron chi connectivity index (χ2n) is 15.2. The van der Waals surface area contributed by atoms with E-state index < -0.39 is 23.9 Å². The highest BCUT2D eigenvalue weighted by atomic mass is 16.6.